The number of nitrogens with zero attached hydrogens (tertiary/aromatic N) is 2. The summed E-state index contributed by atoms with van der Waals surface area (Å²) in [5.74, 6) is 0.422. The second-order valence-corrected chi connectivity index (χ2v) is 4.68. The Morgan fingerprint density at radius 2 is 2.10 bits per heavy atom. The quantitative estimate of drug-likeness (QED) is 0.803. The fraction of sp³-hybridized carbons (Fsp3) is 0.333. The Bertz CT molecular complexity index is 632. The summed E-state index contributed by atoms with van der Waals surface area (Å²) >= 11 is 0. The molecule has 0 fully saturated rings. The molecule has 0 radical (unpaired) electrons. The molecule has 0 aliphatic carbocycles. The molecule has 0 aliphatic heterocycles. The third-order valence-electron chi connectivity index (χ3n) is 3.08. The molecule has 0 N–H and O–H groups in total. The van der Waals surface area contributed by atoms with E-state index in [2.05, 4.69) is 5.10 Å². The van der Waals surface area contributed by atoms with Gasteiger partial charge in [-0.1, -0.05) is 12.1 Å². The minimum absolute atomic E-state index is 0.212. The lowest BCUT2D eigenvalue weighted by Gasteiger charge is -2.08. The van der Waals surface area contributed by atoms with Gasteiger partial charge >= 0.3 is 5.97 Å². The van der Waals surface area contributed by atoms with Crippen molar-refractivity contribution in [2.75, 3.05) is 7.11 Å². The molecule has 0 saturated carbocycles. The predicted octanol–water partition coefficient (Wildman–Crippen LogP) is 2.40. The number of hydrogen-bond acceptors (Lipinski definition) is 4. The first kappa shape index (κ1) is 14.1. The van der Waals surface area contributed by atoms with Gasteiger partial charge in [-0.2, -0.15) is 5.10 Å². The molecule has 1 heterocycles. The smallest absolute Gasteiger partial charge is 0.341 e. The van der Waals surface area contributed by atoms with Crippen molar-refractivity contribution in [3.63, 3.8) is 0 Å². The van der Waals surface area contributed by atoms with Crippen molar-refractivity contribution in [2.24, 2.45) is 7.05 Å². The van der Waals surface area contributed by atoms with Crippen LogP contribution in [0, 0.1) is 13.8 Å². The van der Waals surface area contributed by atoms with E-state index in [9.17, 15) is 4.79 Å². The largest absolute Gasteiger partial charge is 0.496 e. The molecule has 5 heteroatoms. The fourth-order valence-electron chi connectivity index (χ4n) is 1.98. The second kappa shape index (κ2) is 5.77. The van der Waals surface area contributed by atoms with Gasteiger partial charge in [0.1, 0.15) is 17.9 Å². The van der Waals surface area contributed by atoms with Crippen LogP contribution in [0.5, 0.6) is 5.75 Å². The SMILES string of the molecule is COc1cc(COC(=O)c2cn(C)nc2C)ccc1C. The first-order valence-corrected chi connectivity index (χ1v) is 6.32. The molecule has 2 rings (SSSR count). The topological polar surface area (TPSA) is 53.4 Å². The zero-order valence-corrected chi connectivity index (χ0v) is 12.1. The highest BCUT2D eigenvalue weighted by molar-refractivity contribution is 5.90. The van der Waals surface area contributed by atoms with E-state index in [1.54, 1.807) is 32.0 Å². The molecule has 1 aromatic carbocycles. The van der Waals surface area contributed by atoms with Crippen LogP contribution in [0.1, 0.15) is 27.2 Å². The number of aryl methyl sites for hydroxylation is 3. The molecule has 106 valence electrons. The average molecular weight is 274 g/mol. The molecular weight excluding hydrogens is 256 g/mol. The van der Waals surface area contributed by atoms with E-state index < -0.39 is 0 Å². The van der Waals surface area contributed by atoms with E-state index >= 15 is 0 Å². The minimum atomic E-state index is -0.366. The Kier molecular flexibility index (Phi) is 4.08. The number of benzene rings is 1. The van der Waals surface area contributed by atoms with E-state index in [0.717, 1.165) is 16.9 Å². The van der Waals surface area contributed by atoms with Crippen LogP contribution in [0.15, 0.2) is 24.4 Å². The van der Waals surface area contributed by atoms with Crippen LogP contribution in [0.25, 0.3) is 0 Å². The lowest BCUT2D eigenvalue weighted by molar-refractivity contribution is 0.0471. The number of methoxy groups -OCH3 is 1. The Morgan fingerprint density at radius 1 is 1.35 bits per heavy atom. The zero-order valence-electron chi connectivity index (χ0n) is 12.1. The van der Waals surface area contributed by atoms with Gasteiger partial charge in [0.2, 0.25) is 0 Å². The van der Waals surface area contributed by atoms with E-state index in [-0.39, 0.29) is 12.6 Å². The third kappa shape index (κ3) is 2.99. The maximum Gasteiger partial charge on any atom is 0.341 e. The maximum atomic E-state index is 12.0. The Balaban J connectivity index is 2.05. The summed E-state index contributed by atoms with van der Waals surface area (Å²) in [4.78, 5) is 12.0. The summed E-state index contributed by atoms with van der Waals surface area (Å²) < 4.78 is 12.1. The molecule has 0 amide bonds. The van der Waals surface area contributed by atoms with Gasteiger partial charge in [-0.25, -0.2) is 4.79 Å². The molecule has 0 aliphatic rings. The predicted molar refractivity (Wildman–Crippen MR) is 74.8 cm³/mol. The van der Waals surface area contributed by atoms with E-state index in [4.69, 9.17) is 9.47 Å². The van der Waals surface area contributed by atoms with Gasteiger partial charge in [-0.15, -0.1) is 0 Å². The van der Waals surface area contributed by atoms with Crippen molar-refractivity contribution < 1.29 is 14.3 Å². The summed E-state index contributed by atoms with van der Waals surface area (Å²) in [6, 6.07) is 5.73. The second-order valence-electron chi connectivity index (χ2n) is 4.68. The molecule has 5 nitrogen and oxygen atoms in total. The first-order chi connectivity index (χ1) is 9.51. The summed E-state index contributed by atoms with van der Waals surface area (Å²) in [5, 5.41) is 4.12. The van der Waals surface area contributed by atoms with Crippen molar-refractivity contribution in [2.45, 2.75) is 20.5 Å². The number of esters is 1. The molecule has 20 heavy (non-hydrogen) atoms. The highest BCUT2D eigenvalue weighted by atomic mass is 16.5. The van der Waals surface area contributed by atoms with Gasteiger partial charge < -0.3 is 9.47 Å². The van der Waals surface area contributed by atoms with Crippen molar-refractivity contribution in [1.29, 1.82) is 0 Å². The number of ether oxygens (including phenoxy) is 2. The van der Waals surface area contributed by atoms with Crippen molar-refractivity contribution in [3.8, 4) is 5.75 Å². The average Bonchev–Trinajstić information content (AvgIpc) is 2.76. The van der Waals surface area contributed by atoms with Gasteiger partial charge in [0.05, 0.1) is 12.8 Å². The number of aromatic nitrogens is 2. The number of carbonyl (C=O) groups is 1. The Morgan fingerprint density at radius 3 is 2.70 bits per heavy atom. The molecule has 0 saturated heterocycles. The van der Waals surface area contributed by atoms with Crippen LogP contribution in [0.4, 0.5) is 0 Å². The van der Waals surface area contributed by atoms with Crippen LogP contribution in [-0.2, 0) is 18.4 Å². The first-order valence-electron chi connectivity index (χ1n) is 6.32. The van der Waals surface area contributed by atoms with Gasteiger partial charge in [0, 0.05) is 13.2 Å². The molecule has 0 spiro atoms. The van der Waals surface area contributed by atoms with Crippen molar-refractivity contribution in [1.82, 2.24) is 9.78 Å². The van der Waals surface area contributed by atoms with E-state index in [0.29, 0.717) is 11.3 Å². The Labute approximate surface area is 118 Å². The highest BCUT2D eigenvalue weighted by Crippen LogP contribution is 2.19. The lowest BCUT2D eigenvalue weighted by atomic mass is 10.1. The summed E-state index contributed by atoms with van der Waals surface area (Å²) in [6.45, 7) is 3.96. The van der Waals surface area contributed by atoms with Crippen LogP contribution < -0.4 is 4.74 Å². The van der Waals surface area contributed by atoms with Crippen LogP contribution in [0.2, 0.25) is 0 Å². The van der Waals surface area contributed by atoms with Crippen LogP contribution in [0.3, 0.4) is 0 Å². The standard InChI is InChI=1S/C15H18N2O3/c1-10-5-6-12(7-14(10)19-4)9-20-15(18)13-8-17(3)16-11(13)2/h5-8H,9H2,1-4H3. The van der Waals surface area contributed by atoms with Crippen molar-refractivity contribution >= 4 is 5.97 Å². The minimum Gasteiger partial charge on any atom is -0.496 e. The van der Waals surface area contributed by atoms with Crippen LogP contribution in [-0.4, -0.2) is 22.9 Å². The number of hydrogen-bond donors (Lipinski definition) is 0. The maximum absolute atomic E-state index is 12.0. The van der Waals surface area contributed by atoms with E-state index in [1.807, 2.05) is 25.1 Å². The van der Waals surface area contributed by atoms with Gasteiger partial charge in [0.15, 0.2) is 0 Å². The van der Waals surface area contributed by atoms with Gasteiger partial charge in [0.25, 0.3) is 0 Å². The lowest BCUT2D eigenvalue weighted by Crippen LogP contribution is -2.06. The van der Waals surface area contributed by atoms with Crippen molar-refractivity contribution in [3.05, 3.63) is 46.8 Å². The Hall–Kier alpha value is -2.30. The molecule has 0 bridgehead atoms. The summed E-state index contributed by atoms with van der Waals surface area (Å²) in [6.07, 6.45) is 1.66. The van der Waals surface area contributed by atoms with Gasteiger partial charge in [-0.05, 0) is 31.0 Å². The third-order valence-corrected chi connectivity index (χ3v) is 3.08. The summed E-state index contributed by atoms with van der Waals surface area (Å²) in [5.41, 5.74) is 3.10. The highest BCUT2D eigenvalue weighted by Gasteiger charge is 2.14. The molecule has 2 aromatic rings. The fourth-order valence-corrected chi connectivity index (χ4v) is 1.98. The monoisotopic (exact) mass is 274 g/mol. The number of carbonyl (C=O) groups excluding carboxylic acids is 1. The van der Waals surface area contributed by atoms with Gasteiger partial charge in [-0.3, -0.25) is 4.68 Å². The molecule has 1 aromatic heterocycles. The number of rotatable bonds is 4. The summed E-state index contributed by atoms with van der Waals surface area (Å²) in [7, 11) is 3.39. The molecular formula is C15H18N2O3. The normalized spacial score (nSPS) is 10.4. The van der Waals surface area contributed by atoms with Crippen LogP contribution >= 0.6 is 0 Å². The zero-order chi connectivity index (χ0) is 14.7. The van der Waals surface area contributed by atoms with E-state index in [1.165, 1.54) is 0 Å². The molecule has 0 unspecified atom stereocenters. The molecule has 0 atom stereocenters.